The van der Waals surface area contributed by atoms with Crippen LogP contribution in [0.2, 0.25) is 10.0 Å². The van der Waals surface area contributed by atoms with Gasteiger partial charge in [-0.15, -0.1) is 0 Å². The van der Waals surface area contributed by atoms with Crippen molar-refractivity contribution in [1.29, 1.82) is 0 Å². The topological polar surface area (TPSA) is 95.6 Å². The number of nitrogens with zero attached hydrogens (tertiary/aromatic N) is 2. The van der Waals surface area contributed by atoms with E-state index in [9.17, 15) is 9.59 Å². The number of rotatable bonds is 6. The first-order valence-corrected chi connectivity index (χ1v) is 9.15. The summed E-state index contributed by atoms with van der Waals surface area (Å²) in [6.07, 6.45) is 0. The van der Waals surface area contributed by atoms with Crippen molar-refractivity contribution in [2.45, 2.75) is 13.5 Å². The zero-order valence-electron chi connectivity index (χ0n) is 15.8. The van der Waals surface area contributed by atoms with Gasteiger partial charge in [-0.1, -0.05) is 23.2 Å². The van der Waals surface area contributed by atoms with Gasteiger partial charge in [0.15, 0.2) is 11.5 Å². The van der Waals surface area contributed by atoms with Gasteiger partial charge in [0, 0.05) is 12.1 Å². The second-order valence-electron chi connectivity index (χ2n) is 6.01. The summed E-state index contributed by atoms with van der Waals surface area (Å²) in [5, 5.41) is 7.64. The molecule has 3 rings (SSSR count). The first-order chi connectivity index (χ1) is 13.8. The van der Waals surface area contributed by atoms with Gasteiger partial charge >= 0.3 is 5.97 Å². The van der Waals surface area contributed by atoms with Crippen LogP contribution < -0.4 is 10.1 Å². The molecule has 152 valence electrons. The third-order valence-electron chi connectivity index (χ3n) is 3.99. The van der Waals surface area contributed by atoms with Gasteiger partial charge in [-0.2, -0.15) is 5.10 Å². The third-order valence-corrected chi connectivity index (χ3v) is 4.52. The van der Waals surface area contributed by atoms with Crippen molar-refractivity contribution in [3.63, 3.8) is 0 Å². The average Bonchev–Trinajstić information content (AvgIpc) is 3.25. The molecule has 0 bridgehead atoms. The molecule has 2 heterocycles. The van der Waals surface area contributed by atoms with Crippen molar-refractivity contribution in [2.75, 3.05) is 12.4 Å². The average molecular weight is 438 g/mol. The Bertz CT molecular complexity index is 1070. The molecule has 1 N–H and O–H groups in total. The van der Waals surface area contributed by atoms with Gasteiger partial charge in [0.2, 0.25) is 0 Å². The van der Waals surface area contributed by atoms with Gasteiger partial charge in [-0.3, -0.25) is 9.48 Å². The lowest BCUT2D eigenvalue weighted by molar-refractivity contribution is 0.0589. The van der Waals surface area contributed by atoms with Crippen LogP contribution in [0.4, 0.5) is 5.69 Å². The molecule has 0 saturated heterocycles. The lowest BCUT2D eigenvalue weighted by Gasteiger charge is -2.07. The van der Waals surface area contributed by atoms with E-state index >= 15 is 0 Å². The smallest absolute Gasteiger partial charge is 0.358 e. The van der Waals surface area contributed by atoms with Gasteiger partial charge in [0.1, 0.15) is 18.1 Å². The highest BCUT2D eigenvalue weighted by Crippen LogP contribution is 2.28. The van der Waals surface area contributed by atoms with E-state index in [1.165, 1.54) is 17.9 Å². The second-order valence-corrected chi connectivity index (χ2v) is 6.85. The number of aryl methyl sites for hydroxylation is 2. The predicted octanol–water partition coefficient (Wildman–Crippen LogP) is 4.25. The molecule has 1 aromatic carbocycles. The number of ether oxygens (including phenoxy) is 2. The molecule has 8 nitrogen and oxygen atoms in total. The number of aromatic nitrogens is 2. The van der Waals surface area contributed by atoms with Crippen LogP contribution in [0.15, 0.2) is 34.7 Å². The molecular formula is C19H17Cl2N3O5. The van der Waals surface area contributed by atoms with E-state index in [4.69, 9.17) is 37.1 Å². The van der Waals surface area contributed by atoms with Gasteiger partial charge in [-0.05, 0) is 37.3 Å². The Morgan fingerprint density at radius 2 is 2.00 bits per heavy atom. The normalized spacial score (nSPS) is 10.7. The van der Waals surface area contributed by atoms with E-state index < -0.39 is 11.9 Å². The Labute approximate surface area is 176 Å². The lowest BCUT2D eigenvalue weighted by atomic mass is 10.3. The second kappa shape index (κ2) is 8.59. The van der Waals surface area contributed by atoms with Crippen LogP contribution in [0.25, 0.3) is 0 Å². The summed E-state index contributed by atoms with van der Waals surface area (Å²) in [6, 6.07) is 7.96. The summed E-state index contributed by atoms with van der Waals surface area (Å²) < 4.78 is 17.2. The van der Waals surface area contributed by atoms with Crippen LogP contribution in [0.3, 0.4) is 0 Å². The molecule has 1 amide bonds. The largest absolute Gasteiger partial charge is 0.484 e. The predicted molar refractivity (Wildman–Crippen MR) is 107 cm³/mol. The fourth-order valence-electron chi connectivity index (χ4n) is 2.63. The number of anilines is 1. The highest BCUT2D eigenvalue weighted by Gasteiger charge is 2.24. The molecular weight excluding hydrogens is 421 g/mol. The van der Waals surface area contributed by atoms with E-state index in [0.717, 1.165) is 0 Å². The van der Waals surface area contributed by atoms with Gasteiger partial charge < -0.3 is 19.2 Å². The molecule has 0 radical (unpaired) electrons. The Morgan fingerprint density at radius 1 is 1.24 bits per heavy atom. The first kappa shape index (κ1) is 20.8. The quantitative estimate of drug-likeness (QED) is 0.579. The Balaban J connectivity index is 1.71. The van der Waals surface area contributed by atoms with Gasteiger partial charge in [0.25, 0.3) is 5.91 Å². The highest BCUT2D eigenvalue weighted by molar-refractivity contribution is 6.35. The summed E-state index contributed by atoms with van der Waals surface area (Å²) in [7, 11) is 2.83. The lowest BCUT2D eigenvalue weighted by Crippen LogP contribution is -2.16. The number of furan rings is 1. The standard InChI is InChI=1S/C19H17Cl2N3O5/c1-10-16(17(19(26)27-3)24(2)23-10)22-18(25)15-7-5-12(29-15)9-28-14-6-4-11(20)8-13(14)21/h4-8H,9H2,1-3H3,(H,22,25). The molecule has 2 aromatic heterocycles. The maximum absolute atomic E-state index is 12.5. The fraction of sp³-hybridized carbons (Fsp3) is 0.211. The highest BCUT2D eigenvalue weighted by atomic mass is 35.5. The SMILES string of the molecule is COC(=O)c1c(NC(=O)c2ccc(COc3ccc(Cl)cc3Cl)o2)c(C)nn1C. The monoisotopic (exact) mass is 437 g/mol. The Kier molecular flexibility index (Phi) is 6.14. The summed E-state index contributed by atoms with van der Waals surface area (Å²) in [6.45, 7) is 1.73. The minimum atomic E-state index is -0.614. The molecule has 10 heteroatoms. The number of benzene rings is 1. The van der Waals surface area contributed by atoms with Crippen molar-refractivity contribution < 1.29 is 23.5 Å². The summed E-state index contributed by atoms with van der Waals surface area (Å²) in [5.41, 5.74) is 0.853. The van der Waals surface area contributed by atoms with Gasteiger partial charge in [0.05, 0.1) is 23.5 Å². The van der Waals surface area contributed by atoms with Crippen molar-refractivity contribution in [2.24, 2.45) is 7.05 Å². The van der Waals surface area contributed by atoms with Crippen LogP contribution >= 0.6 is 23.2 Å². The number of hydrogen-bond donors (Lipinski definition) is 1. The third kappa shape index (κ3) is 4.55. The first-order valence-electron chi connectivity index (χ1n) is 8.40. The number of hydrogen-bond acceptors (Lipinski definition) is 6. The summed E-state index contributed by atoms with van der Waals surface area (Å²) >= 11 is 11.9. The van der Waals surface area contributed by atoms with E-state index in [2.05, 4.69) is 10.4 Å². The molecule has 0 atom stereocenters. The van der Waals surface area contributed by atoms with Crippen LogP contribution in [0.5, 0.6) is 5.75 Å². The van der Waals surface area contributed by atoms with Crippen molar-refractivity contribution in [3.05, 3.63) is 63.3 Å². The van der Waals surface area contributed by atoms with Crippen LogP contribution in [-0.2, 0) is 18.4 Å². The molecule has 0 aliphatic heterocycles. The molecule has 3 aromatic rings. The molecule has 0 spiro atoms. The molecule has 0 aliphatic rings. The van der Waals surface area contributed by atoms with E-state index in [1.54, 1.807) is 38.2 Å². The minimum absolute atomic E-state index is 0.0462. The number of carbonyl (C=O) groups is 2. The Morgan fingerprint density at radius 3 is 2.69 bits per heavy atom. The van der Waals surface area contributed by atoms with Crippen molar-refractivity contribution in [1.82, 2.24) is 9.78 Å². The van der Waals surface area contributed by atoms with E-state index in [-0.39, 0.29) is 23.7 Å². The van der Waals surface area contributed by atoms with E-state index in [1.807, 2.05) is 0 Å². The number of amides is 1. The maximum Gasteiger partial charge on any atom is 0.358 e. The number of esters is 1. The summed E-state index contributed by atoms with van der Waals surface area (Å²) in [5.74, 6) is -0.256. The maximum atomic E-state index is 12.5. The molecule has 0 aliphatic carbocycles. The Hall–Kier alpha value is -2.97. The zero-order valence-corrected chi connectivity index (χ0v) is 17.3. The van der Waals surface area contributed by atoms with Crippen LogP contribution in [0, 0.1) is 6.92 Å². The number of nitrogens with one attached hydrogen (secondary N) is 1. The fourth-order valence-corrected chi connectivity index (χ4v) is 3.10. The molecule has 0 saturated carbocycles. The van der Waals surface area contributed by atoms with Gasteiger partial charge in [-0.25, -0.2) is 4.79 Å². The molecule has 0 unspecified atom stereocenters. The number of carbonyl (C=O) groups excluding carboxylic acids is 2. The molecule has 29 heavy (non-hydrogen) atoms. The zero-order chi connectivity index (χ0) is 21.1. The van der Waals surface area contributed by atoms with Crippen LogP contribution in [0.1, 0.15) is 32.5 Å². The molecule has 0 fully saturated rings. The van der Waals surface area contributed by atoms with E-state index in [0.29, 0.717) is 27.2 Å². The number of halogens is 2. The number of methoxy groups -OCH3 is 1. The minimum Gasteiger partial charge on any atom is -0.484 e. The summed E-state index contributed by atoms with van der Waals surface area (Å²) in [4.78, 5) is 24.5. The van der Waals surface area contributed by atoms with Crippen molar-refractivity contribution in [3.8, 4) is 5.75 Å². The van der Waals surface area contributed by atoms with Crippen LogP contribution in [-0.4, -0.2) is 28.8 Å². The van der Waals surface area contributed by atoms with Crippen molar-refractivity contribution >= 4 is 40.8 Å².